The molecule has 170 valence electrons. The quantitative estimate of drug-likeness (QED) is 0.324. The number of rotatable bonds is 7. The Kier molecular flexibility index (Phi) is 7.24. The number of carbonyl (C=O) groups excluding carboxylic acids is 1. The Morgan fingerprint density at radius 1 is 1.27 bits per heavy atom. The number of pyridine rings is 1. The molecule has 0 unspecified atom stereocenters. The molecule has 3 aromatic rings. The summed E-state index contributed by atoms with van der Waals surface area (Å²) in [4.78, 5) is 29.2. The first kappa shape index (κ1) is 23.7. The van der Waals surface area contributed by atoms with Gasteiger partial charge in [-0.25, -0.2) is 9.98 Å². The van der Waals surface area contributed by atoms with Crippen LogP contribution in [0.1, 0.15) is 50.9 Å². The van der Waals surface area contributed by atoms with Crippen molar-refractivity contribution in [3.05, 3.63) is 77.6 Å². The molecule has 2 heterocycles. The lowest BCUT2D eigenvalue weighted by molar-refractivity contribution is -0.118. The summed E-state index contributed by atoms with van der Waals surface area (Å²) >= 11 is 0. The summed E-state index contributed by atoms with van der Waals surface area (Å²) < 4.78 is 5.15. The standard InChI is InChI=1S/C24H26N6O3/c1-15(14-27-21(25-5)19-11-6-7-12-26-19)22(31)28-16(2)17-9-8-10-18(13-17)20-29-23(33-30-20)24(3,4)32/h6-14,16,32H,5H2,1-4H3,(H,28,31)/b15-14+,27-21?/t16-/m1/s1. The summed E-state index contributed by atoms with van der Waals surface area (Å²) in [5.41, 5.74) is 1.31. The Bertz CT molecular complexity index is 1190. The molecular weight excluding hydrogens is 420 g/mol. The first-order chi connectivity index (χ1) is 15.7. The highest BCUT2D eigenvalue weighted by Crippen LogP contribution is 2.24. The maximum absolute atomic E-state index is 12.7. The third-order valence-electron chi connectivity index (χ3n) is 4.72. The molecule has 1 atom stereocenters. The third-order valence-corrected chi connectivity index (χ3v) is 4.72. The Morgan fingerprint density at radius 2 is 2.06 bits per heavy atom. The number of aromatic nitrogens is 3. The highest BCUT2D eigenvalue weighted by molar-refractivity contribution is 6.00. The lowest BCUT2D eigenvalue weighted by Crippen LogP contribution is -2.27. The van der Waals surface area contributed by atoms with E-state index in [2.05, 4.69) is 37.1 Å². The van der Waals surface area contributed by atoms with Crippen LogP contribution in [0.25, 0.3) is 11.4 Å². The smallest absolute Gasteiger partial charge is 0.258 e. The van der Waals surface area contributed by atoms with E-state index < -0.39 is 5.60 Å². The Morgan fingerprint density at radius 3 is 2.70 bits per heavy atom. The normalized spacial score (nSPS) is 13.5. The Hall–Kier alpha value is -3.98. The molecule has 9 heteroatoms. The van der Waals surface area contributed by atoms with Crippen molar-refractivity contribution in [1.82, 2.24) is 20.4 Å². The van der Waals surface area contributed by atoms with Crippen LogP contribution in [0.2, 0.25) is 0 Å². The van der Waals surface area contributed by atoms with E-state index in [1.54, 1.807) is 39.1 Å². The van der Waals surface area contributed by atoms with Crippen LogP contribution in [-0.2, 0) is 10.4 Å². The number of aliphatic hydroxyl groups is 1. The minimum atomic E-state index is -1.23. The van der Waals surface area contributed by atoms with Gasteiger partial charge in [-0.3, -0.25) is 9.78 Å². The predicted octanol–water partition coefficient (Wildman–Crippen LogP) is 3.59. The largest absolute Gasteiger partial charge is 0.381 e. The average Bonchev–Trinajstić information content (AvgIpc) is 3.31. The number of benzene rings is 1. The molecule has 1 amide bonds. The molecule has 33 heavy (non-hydrogen) atoms. The lowest BCUT2D eigenvalue weighted by Gasteiger charge is -2.15. The van der Waals surface area contributed by atoms with E-state index in [0.717, 1.165) is 5.56 Å². The van der Waals surface area contributed by atoms with Gasteiger partial charge < -0.3 is 14.9 Å². The number of hydrogen-bond donors (Lipinski definition) is 2. The zero-order valence-corrected chi connectivity index (χ0v) is 19.0. The third kappa shape index (κ3) is 6.05. The van der Waals surface area contributed by atoms with Gasteiger partial charge in [0.1, 0.15) is 11.3 Å². The molecule has 0 saturated heterocycles. The predicted molar refractivity (Wildman–Crippen MR) is 126 cm³/mol. The van der Waals surface area contributed by atoms with E-state index in [0.29, 0.717) is 28.5 Å². The second kappa shape index (κ2) is 10.1. The van der Waals surface area contributed by atoms with Crippen LogP contribution in [0, 0.1) is 0 Å². The van der Waals surface area contributed by atoms with Gasteiger partial charge in [0.25, 0.3) is 5.89 Å². The van der Waals surface area contributed by atoms with Crippen LogP contribution >= 0.6 is 0 Å². The Labute approximate surface area is 192 Å². The van der Waals surface area contributed by atoms with Crippen molar-refractivity contribution in [3.8, 4) is 11.4 Å². The zero-order valence-electron chi connectivity index (χ0n) is 19.0. The summed E-state index contributed by atoms with van der Waals surface area (Å²) in [6.45, 7) is 10.2. The maximum Gasteiger partial charge on any atom is 0.258 e. The van der Waals surface area contributed by atoms with E-state index in [9.17, 15) is 9.90 Å². The number of hydrogen-bond acceptors (Lipinski definition) is 7. The Balaban J connectivity index is 1.72. The fourth-order valence-electron chi connectivity index (χ4n) is 2.83. The van der Waals surface area contributed by atoms with Crippen LogP contribution in [0.5, 0.6) is 0 Å². The van der Waals surface area contributed by atoms with Gasteiger partial charge in [-0.05, 0) is 58.2 Å². The van der Waals surface area contributed by atoms with Crippen molar-refractivity contribution in [2.45, 2.75) is 39.3 Å². The van der Waals surface area contributed by atoms with Gasteiger partial charge in [-0.1, -0.05) is 29.4 Å². The summed E-state index contributed by atoms with van der Waals surface area (Å²) in [6.07, 6.45) is 3.07. The molecule has 0 bridgehead atoms. The number of aliphatic imine (C=N–C) groups is 2. The summed E-state index contributed by atoms with van der Waals surface area (Å²) in [6, 6.07) is 12.5. The SMILES string of the molecule is C=NC(=N/C=C(\C)C(=O)N[C@H](C)c1cccc(-c2noc(C(C)(C)O)n2)c1)c1ccccn1. The number of amides is 1. The van der Waals surface area contributed by atoms with Crippen LogP contribution in [0.4, 0.5) is 0 Å². The molecule has 0 saturated carbocycles. The number of carbonyl (C=O) groups is 1. The van der Waals surface area contributed by atoms with Crippen molar-refractivity contribution in [1.29, 1.82) is 0 Å². The van der Waals surface area contributed by atoms with Gasteiger partial charge in [0.05, 0.1) is 6.04 Å². The summed E-state index contributed by atoms with van der Waals surface area (Å²) in [5.74, 6) is 0.542. The van der Waals surface area contributed by atoms with E-state index in [-0.39, 0.29) is 17.8 Å². The molecule has 0 radical (unpaired) electrons. The molecule has 0 spiro atoms. The van der Waals surface area contributed by atoms with E-state index in [4.69, 9.17) is 4.52 Å². The van der Waals surface area contributed by atoms with Gasteiger partial charge in [0.2, 0.25) is 11.7 Å². The van der Waals surface area contributed by atoms with Crippen molar-refractivity contribution in [3.63, 3.8) is 0 Å². The summed E-state index contributed by atoms with van der Waals surface area (Å²) in [5, 5.41) is 16.9. The van der Waals surface area contributed by atoms with E-state index in [1.807, 2.05) is 37.3 Å². The fourth-order valence-corrected chi connectivity index (χ4v) is 2.83. The maximum atomic E-state index is 12.7. The van der Waals surface area contributed by atoms with Gasteiger partial charge in [0.15, 0.2) is 5.84 Å². The first-order valence-corrected chi connectivity index (χ1v) is 10.3. The topological polar surface area (TPSA) is 126 Å². The van der Waals surface area contributed by atoms with Gasteiger partial charge in [-0.2, -0.15) is 4.98 Å². The number of nitrogens with zero attached hydrogens (tertiary/aromatic N) is 5. The second-order valence-corrected chi connectivity index (χ2v) is 7.94. The molecule has 9 nitrogen and oxygen atoms in total. The van der Waals surface area contributed by atoms with Crippen molar-refractivity contribution >= 4 is 18.5 Å². The van der Waals surface area contributed by atoms with Gasteiger partial charge in [-0.15, -0.1) is 0 Å². The number of amidine groups is 1. The monoisotopic (exact) mass is 446 g/mol. The van der Waals surface area contributed by atoms with Crippen LogP contribution < -0.4 is 5.32 Å². The zero-order chi connectivity index (χ0) is 24.0. The first-order valence-electron chi connectivity index (χ1n) is 10.3. The van der Waals surface area contributed by atoms with Crippen molar-refractivity contribution in [2.75, 3.05) is 0 Å². The molecule has 0 aliphatic carbocycles. The molecule has 0 aliphatic heterocycles. The highest BCUT2D eigenvalue weighted by atomic mass is 16.5. The minimum Gasteiger partial charge on any atom is -0.381 e. The molecule has 0 fully saturated rings. The van der Waals surface area contributed by atoms with E-state index >= 15 is 0 Å². The van der Waals surface area contributed by atoms with Crippen LogP contribution in [-0.4, -0.2) is 38.7 Å². The van der Waals surface area contributed by atoms with E-state index in [1.165, 1.54) is 6.20 Å². The highest BCUT2D eigenvalue weighted by Gasteiger charge is 2.24. The fraction of sp³-hybridized carbons (Fsp3) is 0.250. The molecule has 2 N–H and O–H groups in total. The average molecular weight is 447 g/mol. The van der Waals surface area contributed by atoms with Crippen LogP contribution in [0.3, 0.4) is 0 Å². The molecule has 1 aromatic carbocycles. The molecular formula is C24H26N6O3. The minimum absolute atomic E-state index is 0.129. The summed E-state index contributed by atoms with van der Waals surface area (Å²) in [7, 11) is 0. The lowest BCUT2D eigenvalue weighted by atomic mass is 10.0. The van der Waals surface area contributed by atoms with Crippen molar-refractivity contribution in [2.24, 2.45) is 9.98 Å². The second-order valence-electron chi connectivity index (χ2n) is 7.94. The molecule has 2 aromatic heterocycles. The number of nitrogens with one attached hydrogen (secondary N) is 1. The molecule has 0 aliphatic rings. The van der Waals surface area contributed by atoms with Crippen LogP contribution in [0.15, 0.2) is 74.9 Å². The van der Waals surface area contributed by atoms with Gasteiger partial charge in [0, 0.05) is 23.5 Å². The van der Waals surface area contributed by atoms with Gasteiger partial charge >= 0.3 is 0 Å². The van der Waals surface area contributed by atoms with Crippen molar-refractivity contribution < 1.29 is 14.4 Å². The molecule has 3 rings (SSSR count).